The topological polar surface area (TPSA) is 115 Å². The van der Waals surface area contributed by atoms with Crippen LogP contribution in [0.4, 0.5) is 5.69 Å². The van der Waals surface area contributed by atoms with Gasteiger partial charge in [-0.25, -0.2) is 0 Å². The molecule has 0 spiro atoms. The Balaban J connectivity index is 0.00000136. The number of aliphatic hydroxyl groups excluding tert-OH is 1. The number of aliphatic hydroxyl groups is 1. The number of carbonyl (C=O) groups excluding carboxylic acids is 2. The summed E-state index contributed by atoms with van der Waals surface area (Å²) in [6, 6.07) is 8.12. The van der Waals surface area contributed by atoms with Gasteiger partial charge in [-0.2, -0.15) is 0 Å². The Bertz CT molecular complexity index is 872. The molecule has 1 aromatic carbocycles. The van der Waals surface area contributed by atoms with Crippen molar-refractivity contribution in [1.82, 2.24) is 10.2 Å². The molecule has 8 nitrogen and oxygen atoms in total. The van der Waals surface area contributed by atoms with Crippen LogP contribution in [0.25, 0.3) is 0 Å². The summed E-state index contributed by atoms with van der Waals surface area (Å²) in [5, 5.41) is 26.0. The number of phenolic OH excluding ortho intramolecular Hbond substituents is 1. The van der Waals surface area contributed by atoms with Gasteiger partial charge in [-0.05, 0) is 24.3 Å². The second kappa shape index (κ2) is 9.09. The molecule has 1 atom stereocenters. The highest BCUT2D eigenvalue weighted by molar-refractivity contribution is 6.11. The minimum atomic E-state index is -1.26. The number of anilines is 1. The van der Waals surface area contributed by atoms with Gasteiger partial charge in [0.25, 0.3) is 5.91 Å². The van der Waals surface area contributed by atoms with Crippen LogP contribution >= 0.6 is 0 Å². The number of phenols is 1. The van der Waals surface area contributed by atoms with Crippen molar-refractivity contribution in [3.63, 3.8) is 0 Å². The van der Waals surface area contributed by atoms with Crippen LogP contribution in [0.15, 0.2) is 52.4 Å². The molecule has 0 saturated heterocycles. The summed E-state index contributed by atoms with van der Waals surface area (Å²) >= 11 is 0. The fourth-order valence-electron chi connectivity index (χ4n) is 2.56. The summed E-state index contributed by atoms with van der Waals surface area (Å²) in [6.07, 6.45) is 0.263. The first-order valence-electron chi connectivity index (χ1n) is 8.93. The Morgan fingerprint density at radius 3 is 2.54 bits per heavy atom. The molecule has 0 bridgehead atoms. The van der Waals surface area contributed by atoms with Crippen LogP contribution in [-0.4, -0.2) is 47.0 Å². The molecular formula is C20H25N3O5. The van der Waals surface area contributed by atoms with Crippen LogP contribution in [0.1, 0.15) is 30.0 Å². The molecule has 1 unspecified atom stereocenters. The van der Waals surface area contributed by atoms with Gasteiger partial charge in [-0.1, -0.05) is 19.9 Å². The number of hydrogen-bond acceptors (Lipinski definition) is 7. The summed E-state index contributed by atoms with van der Waals surface area (Å²) in [7, 11) is 3.15. The molecule has 28 heavy (non-hydrogen) atoms. The molecule has 1 heterocycles. The third kappa shape index (κ3) is 4.17. The maximum Gasteiger partial charge on any atom is 0.257 e. The largest absolute Gasteiger partial charge is 0.505 e. The molecule has 4 N–H and O–H groups in total. The molecule has 8 heteroatoms. The predicted molar refractivity (Wildman–Crippen MR) is 105 cm³/mol. The van der Waals surface area contributed by atoms with Gasteiger partial charge in [0.1, 0.15) is 11.5 Å². The zero-order valence-electron chi connectivity index (χ0n) is 16.3. The molecule has 1 aromatic heterocycles. The Labute approximate surface area is 163 Å². The lowest BCUT2D eigenvalue weighted by Gasteiger charge is -2.29. The van der Waals surface area contributed by atoms with E-state index in [1.54, 1.807) is 32.3 Å². The fourth-order valence-corrected chi connectivity index (χ4v) is 2.56. The van der Waals surface area contributed by atoms with Crippen molar-refractivity contribution in [3.05, 3.63) is 59.3 Å². The van der Waals surface area contributed by atoms with Crippen molar-refractivity contribution in [2.24, 2.45) is 0 Å². The van der Waals surface area contributed by atoms with Crippen LogP contribution in [-0.2, 0) is 11.3 Å². The zero-order valence-corrected chi connectivity index (χ0v) is 16.3. The molecule has 1 amide bonds. The quantitative estimate of drug-likeness (QED) is 0.561. The minimum absolute atomic E-state index is 0.109. The summed E-state index contributed by atoms with van der Waals surface area (Å²) in [5.41, 5.74) is 0.743. The van der Waals surface area contributed by atoms with E-state index >= 15 is 0 Å². The molecule has 0 aliphatic heterocycles. The number of rotatable bonds is 6. The van der Waals surface area contributed by atoms with Gasteiger partial charge in [0.2, 0.25) is 5.78 Å². The highest BCUT2D eigenvalue weighted by Crippen LogP contribution is 2.32. The average Bonchev–Trinajstić information content (AvgIpc) is 3.22. The van der Waals surface area contributed by atoms with Gasteiger partial charge >= 0.3 is 0 Å². The van der Waals surface area contributed by atoms with Crippen LogP contribution < -0.4 is 10.6 Å². The number of benzene rings is 1. The molecule has 0 fully saturated rings. The van der Waals surface area contributed by atoms with Crippen molar-refractivity contribution in [2.45, 2.75) is 26.5 Å². The third-order valence-electron chi connectivity index (χ3n) is 4.00. The highest BCUT2D eigenvalue weighted by Gasteiger charge is 2.38. The van der Waals surface area contributed by atoms with Crippen LogP contribution in [0.5, 0.6) is 5.75 Å². The smallest absolute Gasteiger partial charge is 0.257 e. The summed E-state index contributed by atoms with van der Waals surface area (Å²) in [6.45, 7) is 4.29. The number of hydrogen-bond donors (Lipinski definition) is 4. The Kier molecular flexibility index (Phi) is 6.84. The molecule has 150 valence electrons. The van der Waals surface area contributed by atoms with Crippen LogP contribution in [0.2, 0.25) is 0 Å². The van der Waals surface area contributed by atoms with Crippen molar-refractivity contribution < 1.29 is 24.2 Å². The van der Waals surface area contributed by atoms with E-state index in [4.69, 9.17) is 4.42 Å². The number of amides is 1. The maximum absolute atomic E-state index is 12.1. The van der Waals surface area contributed by atoms with E-state index in [1.807, 2.05) is 13.8 Å². The Morgan fingerprint density at radius 1 is 1.21 bits per heavy atom. The summed E-state index contributed by atoms with van der Waals surface area (Å²) < 4.78 is 5.20. The standard InChI is InChI=1S/C18H19N3O5.C2H6/c1-21(2)18(25)11-6-3-7-12(15(11)22)20-14-13(16(23)17(14)24)19-9-10-5-4-8-26-10;1-2/h3-8,16,19-20,22-23H,9H2,1-2H3;1-2H3. The van der Waals surface area contributed by atoms with Crippen molar-refractivity contribution in [3.8, 4) is 5.75 Å². The van der Waals surface area contributed by atoms with E-state index < -0.39 is 11.9 Å². The maximum atomic E-state index is 12.1. The number of Topliss-reactive ketones (excluding diaryl/α,β-unsaturated/α-hetero) is 1. The van der Waals surface area contributed by atoms with Crippen LogP contribution in [0.3, 0.4) is 0 Å². The first kappa shape index (κ1) is 21.0. The van der Waals surface area contributed by atoms with E-state index in [1.165, 1.54) is 23.3 Å². The highest BCUT2D eigenvalue weighted by atomic mass is 16.3. The lowest BCUT2D eigenvalue weighted by Crippen LogP contribution is -2.45. The molecule has 2 aromatic rings. The number of furan rings is 1. The number of carbonyl (C=O) groups is 2. The molecule has 0 radical (unpaired) electrons. The van der Waals surface area contributed by atoms with Gasteiger partial charge in [0, 0.05) is 14.1 Å². The van der Waals surface area contributed by atoms with E-state index in [-0.39, 0.29) is 28.6 Å². The van der Waals surface area contributed by atoms with E-state index in [0.29, 0.717) is 18.0 Å². The van der Waals surface area contributed by atoms with E-state index in [9.17, 15) is 19.8 Å². The Hall–Kier alpha value is -3.26. The Morgan fingerprint density at radius 2 is 1.93 bits per heavy atom. The van der Waals surface area contributed by atoms with Gasteiger partial charge in [-0.15, -0.1) is 0 Å². The second-order valence-corrected chi connectivity index (χ2v) is 6.01. The van der Waals surface area contributed by atoms with E-state index in [0.717, 1.165) is 0 Å². The number of nitrogens with one attached hydrogen (secondary N) is 2. The number of ketones is 1. The predicted octanol–water partition coefficient (Wildman–Crippen LogP) is 2.07. The van der Waals surface area contributed by atoms with Crippen molar-refractivity contribution in [2.75, 3.05) is 19.4 Å². The lowest BCUT2D eigenvalue weighted by atomic mass is 9.94. The SMILES string of the molecule is CC.CN(C)C(=O)c1cccc(NC2=C(NCc3ccco3)C(O)C2=O)c1O. The molecule has 1 aliphatic rings. The molecular weight excluding hydrogens is 362 g/mol. The monoisotopic (exact) mass is 387 g/mol. The summed E-state index contributed by atoms with van der Waals surface area (Å²) in [4.78, 5) is 25.4. The van der Waals surface area contributed by atoms with E-state index in [2.05, 4.69) is 10.6 Å². The molecule has 1 aliphatic carbocycles. The lowest BCUT2D eigenvalue weighted by molar-refractivity contribution is -0.124. The fraction of sp³-hybridized carbons (Fsp3) is 0.300. The first-order chi connectivity index (χ1) is 13.4. The molecule has 3 rings (SSSR count). The zero-order chi connectivity index (χ0) is 20.8. The van der Waals surface area contributed by atoms with Crippen molar-refractivity contribution in [1.29, 1.82) is 0 Å². The van der Waals surface area contributed by atoms with Gasteiger partial charge in [-0.3, -0.25) is 9.59 Å². The number of aromatic hydroxyl groups is 1. The molecule has 0 saturated carbocycles. The number of nitrogens with zero attached hydrogens (tertiary/aromatic N) is 1. The minimum Gasteiger partial charge on any atom is -0.505 e. The third-order valence-corrected chi connectivity index (χ3v) is 4.00. The summed E-state index contributed by atoms with van der Waals surface area (Å²) in [5.74, 6) is -0.491. The van der Waals surface area contributed by atoms with Crippen LogP contribution in [0, 0.1) is 0 Å². The van der Waals surface area contributed by atoms with Gasteiger partial charge in [0.15, 0.2) is 11.9 Å². The first-order valence-corrected chi connectivity index (χ1v) is 8.93. The second-order valence-electron chi connectivity index (χ2n) is 6.01. The average molecular weight is 387 g/mol. The number of para-hydroxylation sites is 1. The van der Waals surface area contributed by atoms with Gasteiger partial charge < -0.3 is 30.2 Å². The normalized spacial score (nSPS) is 15.3. The van der Waals surface area contributed by atoms with Gasteiger partial charge in [0.05, 0.1) is 29.8 Å². The van der Waals surface area contributed by atoms with Crippen molar-refractivity contribution >= 4 is 17.4 Å².